The van der Waals surface area contributed by atoms with Crippen molar-refractivity contribution < 1.29 is 23.1 Å². The van der Waals surface area contributed by atoms with Crippen LogP contribution in [0.1, 0.15) is 38.8 Å². The summed E-state index contributed by atoms with van der Waals surface area (Å²) in [6.07, 6.45) is -4.43. The van der Waals surface area contributed by atoms with Crippen molar-refractivity contribution in [2.75, 3.05) is 0 Å². The smallest absolute Gasteiger partial charge is 0.416 e. The van der Waals surface area contributed by atoms with E-state index in [2.05, 4.69) is 5.32 Å². The first-order valence-electron chi connectivity index (χ1n) is 6.53. The SMILES string of the molecule is CC(C)(NCc1ccccc1C(F)(F)F)C(C)(C)C(=O)O. The van der Waals surface area contributed by atoms with Gasteiger partial charge in [0.1, 0.15) is 0 Å². The predicted molar refractivity (Wildman–Crippen MR) is 73.8 cm³/mol. The molecule has 2 N–H and O–H groups in total. The van der Waals surface area contributed by atoms with E-state index in [1.807, 2.05) is 0 Å². The summed E-state index contributed by atoms with van der Waals surface area (Å²) in [5, 5.41) is 12.2. The molecule has 0 amide bonds. The first-order valence-corrected chi connectivity index (χ1v) is 6.53. The maximum Gasteiger partial charge on any atom is 0.416 e. The highest BCUT2D eigenvalue weighted by atomic mass is 19.4. The van der Waals surface area contributed by atoms with Gasteiger partial charge in [0.05, 0.1) is 11.0 Å². The van der Waals surface area contributed by atoms with Gasteiger partial charge in [-0.05, 0) is 39.3 Å². The van der Waals surface area contributed by atoms with E-state index in [1.54, 1.807) is 13.8 Å². The lowest BCUT2D eigenvalue weighted by molar-refractivity contribution is -0.151. The summed E-state index contributed by atoms with van der Waals surface area (Å²) in [7, 11) is 0. The zero-order valence-corrected chi connectivity index (χ0v) is 12.5. The summed E-state index contributed by atoms with van der Waals surface area (Å²) < 4.78 is 38.7. The van der Waals surface area contributed by atoms with E-state index < -0.39 is 28.7 Å². The molecule has 0 radical (unpaired) electrons. The van der Waals surface area contributed by atoms with E-state index >= 15 is 0 Å². The zero-order chi connectivity index (χ0) is 16.5. The molecule has 0 saturated carbocycles. The standard InChI is InChI=1S/C15H20F3NO2/c1-13(2,12(20)21)14(3,4)19-9-10-7-5-6-8-11(10)15(16,17)18/h5-8,19H,9H2,1-4H3,(H,20,21). The van der Waals surface area contributed by atoms with Gasteiger partial charge in [0.15, 0.2) is 0 Å². The Morgan fingerprint density at radius 1 is 1.14 bits per heavy atom. The third-order valence-electron chi connectivity index (χ3n) is 4.14. The van der Waals surface area contributed by atoms with E-state index in [1.165, 1.54) is 32.0 Å². The van der Waals surface area contributed by atoms with Crippen LogP contribution < -0.4 is 5.32 Å². The van der Waals surface area contributed by atoms with Gasteiger partial charge in [0.25, 0.3) is 0 Å². The molecule has 0 unspecified atom stereocenters. The van der Waals surface area contributed by atoms with Crippen molar-refractivity contribution in [3.8, 4) is 0 Å². The summed E-state index contributed by atoms with van der Waals surface area (Å²) >= 11 is 0. The van der Waals surface area contributed by atoms with Crippen LogP contribution in [0.4, 0.5) is 13.2 Å². The lowest BCUT2D eigenvalue weighted by atomic mass is 9.74. The Morgan fingerprint density at radius 3 is 2.14 bits per heavy atom. The minimum atomic E-state index is -4.43. The fourth-order valence-electron chi connectivity index (χ4n) is 1.76. The molecule has 0 aliphatic heterocycles. The minimum Gasteiger partial charge on any atom is -0.481 e. The van der Waals surface area contributed by atoms with Gasteiger partial charge >= 0.3 is 12.1 Å². The third-order valence-corrected chi connectivity index (χ3v) is 4.14. The molecule has 21 heavy (non-hydrogen) atoms. The molecular weight excluding hydrogens is 283 g/mol. The van der Waals surface area contributed by atoms with Gasteiger partial charge in [-0.25, -0.2) is 0 Å². The number of alkyl halides is 3. The van der Waals surface area contributed by atoms with E-state index in [9.17, 15) is 23.1 Å². The molecule has 0 bridgehead atoms. The second-order valence-corrected chi connectivity index (χ2v) is 6.06. The quantitative estimate of drug-likeness (QED) is 0.872. The molecule has 118 valence electrons. The number of nitrogens with one attached hydrogen (secondary N) is 1. The van der Waals surface area contributed by atoms with Gasteiger partial charge in [0, 0.05) is 12.1 Å². The summed E-state index contributed by atoms with van der Waals surface area (Å²) in [5.74, 6) is -1.01. The van der Waals surface area contributed by atoms with Crippen LogP contribution in [0.2, 0.25) is 0 Å². The monoisotopic (exact) mass is 303 g/mol. The molecule has 1 rings (SSSR count). The third kappa shape index (κ3) is 3.75. The molecule has 3 nitrogen and oxygen atoms in total. The molecule has 0 atom stereocenters. The van der Waals surface area contributed by atoms with Crippen molar-refractivity contribution in [1.29, 1.82) is 0 Å². The van der Waals surface area contributed by atoms with Crippen LogP contribution in [0.5, 0.6) is 0 Å². The Hall–Kier alpha value is -1.56. The minimum absolute atomic E-state index is 0.0562. The molecule has 0 aromatic heterocycles. The number of halogens is 3. The summed E-state index contributed by atoms with van der Waals surface area (Å²) in [6.45, 7) is 6.35. The van der Waals surface area contributed by atoms with Crippen molar-refractivity contribution in [3.05, 3.63) is 35.4 Å². The van der Waals surface area contributed by atoms with Gasteiger partial charge in [-0.15, -0.1) is 0 Å². The van der Waals surface area contributed by atoms with E-state index in [0.717, 1.165) is 6.07 Å². The topological polar surface area (TPSA) is 49.3 Å². The fraction of sp³-hybridized carbons (Fsp3) is 0.533. The van der Waals surface area contributed by atoms with E-state index in [4.69, 9.17) is 0 Å². The van der Waals surface area contributed by atoms with Gasteiger partial charge in [-0.3, -0.25) is 4.79 Å². The zero-order valence-electron chi connectivity index (χ0n) is 12.5. The second-order valence-electron chi connectivity index (χ2n) is 6.06. The number of carbonyl (C=O) groups is 1. The highest BCUT2D eigenvalue weighted by molar-refractivity contribution is 5.75. The van der Waals surface area contributed by atoms with Crippen molar-refractivity contribution in [1.82, 2.24) is 5.32 Å². The number of aliphatic carboxylic acids is 1. The predicted octanol–water partition coefficient (Wildman–Crippen LogP) is 3.68. The molecule has 0 fully saturated rings. The van der Waals surface area contributed by atoms with Crippen LogP contribution in [-0.4, -0.2) is 16.6 Å². The van der Waals surface area contributed by atoms with Crippen molar-refractivity contribution in [3.63, 3.8) is 0 Å². The molecule has 0 spiro atoms. The Morgan fingerprint density at radius 2 is 1.67 bits per heavy atom. The highest BCUT2D eigenvalue weighted by Gasteiger charge is 2.43. The Bertz CT molecular complexity index is 522. The van der Waals surface area contributed by atoms with Crippen LogP contribution in [0, 0.1) is 5.41 Å². The lowest BCUT2D eigenvalue weighted by Gasteiger charge is -2.39. The maximum atomic E-state index is 12.9. The number of hydrogen-bond acceptors (Lipinski definition) is 2. The first-order chi connectivity index (χ1) is 9.39. The van der Waals surface area contributed by atoms with E-state index in [0.29, 0.717) is 0 Å². The van der Waals surface area contributed by atoms with Crippen LogP contribution in [0.15, 0.2) is 24.3 Å². The molecule has 1 aromatic carbocycles. The van der Waals surface area contributed by atoms with Crippen LogP contribution in [0.3, 0.4) is 0 Å². The van der Waals surface area contributed by atoms with Crippen molar-refractivity contribution in [2.24, 2.45) is 5.41 Å². The van der Waals surface area contributed by atoms with Crippen LogP contribution in [0.25, 0.3) is 0 Å². The molecule has 0 heterocycles. The fourth-order valence-corrected chi connectivity index (χ4v) is 1.76. The number of hydrogen-bond donors (Lipinski definition) is 2. The van der Waals surface area contributed by atoms with Crippen LogP contribution >= 0.6 is 0 Å². The summed E-state index contributed by atoms with van der Waals surface area (Å²) in [6, 6.07) is 5.27. The average Bonchev–Trinajstić information content (AvgIpc) is 2.35. The highest BCUT2D eigenvalue weighted by Crippen LogP contribution is 2.34. The van der Waals surface area contributed by atoms with E-state index in [-0.39, 0.29) is 12.1 Å². The van der Waals surface area contributed by atoms with Gasteiger partial charge in [0.2, 0.25) is 0 Å². The van der Waals surface area contributed by atoms with Crippen molar-refractivity contribution in [2.45, 2.75) is 46.0 Å². The Kier molecular flexibility index (Phi) is 4.73. The maximum absolute atomic E-state index is 12.9. The molecule has 0 saturated heterocycles. The molecule has 0 aliphatic carbocycles. The first kappa shape index (κ1) is 17.5. The average molecular weight is 303 g/mol. The number of rotatable bonds is 5. The molecular formula is C15H20F3NO2. The normalized spacial score (nSPS) is 13.3. The molecule has 0 aliphatic rings. The van der Waals surface area contributed by atoms with Gasteiger partial charge < -0.3 is 10.4 Å². The summed E-state index contributed by atoms with van der Waals surface area (Å²) in [4.78, 5) is 11.3. The molecule has 1 aromatic rings. The number of carboxylic acid groups (broad SMARTS) is 1. The van der Waals surface area contributed by atoms with Gasteiger partial charge in [-0.2, -0.15) is 13.2 Å². The Balaban J connectivity index is 2.97. The number of carboxylic acids is 1. The van der Waals surface area contributed by atoms with Crippen LogP contribution in [-0.2, 0) is 17.5 Å². The number of benzene rings is 1. The Labute approximate surface area is 122 Å². The second kappa shape index (κ2) is 5.67. The largest absolute Gasteiger partial charge is 0.481 e. The van der Waals surface area contributed by atoms with Gasteiger partial charge in [-0.1, -0.05) is 18.2 Å². The molecule has 6 heteroatoms. The summed E-state index contributed by atoms with van der Waals surface area (Å²) in [5.41, 5.74) is -2.61. The van der Waals surface area contributed by atoms with Crippen molar-refractivity contribution >= 4 is 5.97 Å². The lowest BCUT2D eigenvalue weighted by Crippen LogP contribution is -2.54.